The maximum Gasteiger partial charge on any atom is 0.424 e. The minimum atomic E-state index is -5.31. The van der Waals surface area contributed by atoms with E-state index in [2.05, 4.69) is 15.6 Å². The molecule has 3 aromatic rings. The Kier molecular flexibility index (Phi) is 9.45. The van der Waals surface area contributed by atoms with Gasteiger partial charge in [0.15, 0.2) is 0 Å². The van der Waals surface area contributed by atoms with Gasteiger partial charge >= 0.3 is 12.3 Å². The summed E-state index contributed by atoms with van der Waals surface area (Å²) in [4.78, 5) is 29.5. The Morgan fingerprint density at radius 2 is 1.58 bits per heavy atom. The molecule has 0 bridgehead atoms. The van der Waals surface area contributed by atoms with Crippen LogP contribution in [0.15, 0.2) is 54.6 Å². The number of carbonyl (C=O) groups excluding carboxylic acids is 2. The minimum absolute atomic E-state index is 0.0170. The van der Waals surface area contributed by atoms with Crippen LogP contribution in [-0.2, 0) is 15.9 Å². The predicted octanol–water partition coefficient (Wildman–Crippen LogP) is 6.14. The molecule has 8 nitrogen and oxygen atoms in total. The van der Waals surface area contributed by atoms with Crippen LogP contribution in [0.5, 0.6) is 5.75 Å². The summed E-state index contributed by atoms with van der Waals surface area (Å²) in [5.74, 6) is -1.10. The van der Waals surface area contributed by atoms with Gasteiger partial charge in [0.25, 0.3) is 5.91 Å². The van der Waals surface area contributed by atoms with E-state index in [-0.39, 0.29) is 22.4 Å². The third-order valence-electron chi connectivity index (χ3n) is 6.57. The Labute approximate surface area is 247 Å². The maximum absolute atomic E-state index is 14.6. The molecule has 0 aliphatic heterocycles. The SMILES string of the molecule is COc1cc(C(=O)NCC(O)(c2cc(C(C)(C)NC(=O)OC(C)(C)C)cc(-c3ccc(F)cc3)n2)C(F)(F)F)ccc1C. The molecule has 232 valence electrons. The third-order valence-corrected chi connectivity index (χ3v) is 6.57. The highest BCUT2D eigenvalue weighted by molar-refractivity contribution is 5.94. The van der Waals surface area contributed by atoms with Crippen molar-refractivity contribution in [1.29, 1.82) is 0 Å². The molecule has 3 N–H and O–H groups in total. The maximum atomic E-state index is 14.6. The van der Waals surface area contributed by atoms with E-state index in [9.17, 15) is 32.3 Å². The fourth-order valence-corrected chi connectivity index (χ4v) is 4.11. The normalized spacial score (nSPS) is 13.6. The highest BCUT2D eigenvalue weighted by Crippen LogP contribution is 2.40. The molecular weight excluding hydrogens is 570 g/mol. The first-order chi connectivity index (χ1) is 19.8. The summed E-state index contributed by atoms with van der Waals surface area (Å²) < 4.78 is 68.0. The monoisotopic (exact) mass is 605 g/mol. The number of aryl methyl sites for hydroxylation is 1. The predicted molar refractivity (Wildman–Crippen MR) is 152 cm³/mol. The summed E-state index contributed by atoms with van der Waals surface area (Å²) in [6, 6.07) is 11.6. The fraction of sp³-hybridized carbons (Fsp3) is 0.387. The van der Waals surface area contributed by atoms with E-state index in [1.807, 2.05) is 0 Å². The van der Waals surface area contributed by atoms with Crippen molar-refractivity contribution in [2.75, 3.05) is 13.7 Å². The number of hydrogen-bond acceptors (Lipinski definition) is 6. The van der Waals surface area contributed by atoms with Gasteiger partial charge in [-0.3, -0.25) is 4.79 Å². The van der Waals surface area contributed by atoms with Gasteiger partial charge in [0, 0.05) is 11.1 Å². The standard InChI is InChI=1S/C31H35F4N3O5/c1-18-8-9-20(14-24(18)42-7)26(39)36-17-30(41,31(33,34)35)25-16-21(29(5,6)38-27(40)43-28(2,3)4)15-23(37-25)19-10-12-22(32)13-11-19/h8-16,41H,17H2,1-7H3,(H,36,39)(H,38,40). The van der Waals surface area contributed by atoms with Crippen LogP contribution in [0, 0.1) is 12.7 Å². The van der Waals surface area contributed by atoms with Gasteiger partial charge in [-0.15, -0.1) is 0 Å². The van der Waals surface area contributed by atoms with Crippen molar-refractivity contribution in [2.45, 2.75) is 64.5 Å². The largest absolute Gasteiger partial charge is 0.496 e. The first-order valence-corrected chi connectivity index (χ1v) is 13.3. The molecule has 1 unspecified atom stereocenters. The molecule has 1 aromatic heterocycles. The zero-order chi connectivity index (χ0) is 32.4. The van der Waals surface area contributed by atoms with Gasteiger partial charge in [-0.2, -0.15) is 13.2 Å². The van der Waals surface area contributed by atoms with E-state index in [0.717, 1.165) is 18.2 Å². The van der Waals surface area contributed by atoms with Gasteiger partial charge in [0.2, 0.25) is 5.60 Å². The van der Waals surface area contributed by atoms with Gasteiger partial charge in [0.1, 0.15) is 17.2 Å². The number of ether oxygens (including phenoxy) is 2. The fourth-order valence-electron chi connectivity index (χ4n) is 4.11. The van der Waals surface area contributed by atoms with Crippen LogP contribution in [-0.4, -0.2) is 47.5 Å². The van der Waals surface area contributed by atoms with Crippen molar-refractivity contribution in [3.63, 3.8) is 0 Å². The highest BCUT2D eigenvalue weighted by Gasteiger charge is 2.56. The lowest BCUT2D eigenvalue weighted by atomic mass is 9.88. The number of alkyl halides is 3. The van der Waals surface area contributed by atoms with Crippen LogP contribution in [0.4, 0.5) is 22.4 Å². The number of hydrogen-bond donors (Lipinski definition) is 3. The number of halogens is 4. The zero-order valence-corrected chi connectivity index (χ0v) is 24.9. The summed E-state index contributed by atoms with van der Waals surface area (Å²) in [7, 11) is 1.39. The van der Waals surface area contributed by atoms with Crippen LogP contribution in [0.1, 0.15) is 61.8 Å². The lowest BCUT2D eigenvalue weighted by Crippen LogP contribution is -2.52. The summed E-state index contributed by atoms with van der Waals surface area (Å²) in [5.41, 5.74) is -5.63. The smallest absolute Gasteiger partial charge is 0.424 e. The van der Waals surface area contributed by atoms with Crippen LogP contribution < -0.4 is 15.4 Å². The first-order valence-electron chi connectivity index (χ1n) is 13.3. The molecular formula is C31H35F4N3O5. The molecule has 0 spiro atoms. The number of alkyl carbamates (subject to hydrolysis) is 1. The van der Waals surface area contributed by atoms with E-state index < -0.39 is 53.0 Å². The second-order valence-corrected chi connectivity index (χ2v) is 11.6. The second-order valence-electron chi connectivity index (χ2n) is 11.6. The minimum Gasteiger partial charge on any atom is -0.496 e. The van der Waals surface area contributed by atoms with E-state index in [1.165, 1.54) is 51.3 Å². The molecule has 1 heterocycles. The van der Waals surface area contributed by atoms with E-state index >= 15 is 0 Å². The Morgan fingerprint density at radius 1 is 0.953 bits per heavy atom. The zero-order valence-electron chi connectivity index (χ0n) is 24.9. The van der Waals surface area contributed by atoms with Crippen LogP contribution in [0.2, 0.25) is 0 Å². The van der Waals surface area contributed by atoms with E-state index in [1.54, 1.807) is 33.8 Å². The Bertz CT molecular complexity index is 1480. The third kappa shape index (κ3) is 8.01. The number of nitrogens with one attached hydrogen (secondary N) is 2. The molecule has 0 aliphatic rings. The number of rotatable bonds is 8. The van der Waals surface area contributed by atoms with Crippen LogP contribution in [0.3, 0.4) is 0 Å². The average Bonchev–Trinajstić information content (AvgIpc) is 2.89. The van der Waals surface area contributed by atoms with Crippen molar-refractivity contribution < 1.29 is 41.7 Å². The molecule has 1 atom stereocenters. The molecule has 3 rings (SSSR count). The van der Waals surface area contributed by atoms with Crippen molar-refractivity contribution in [3.8, 4) is 17.0 Å². The Balaban J connectivity index is 2.10. The van der Waals surface area contributed by atoms with Crippen molar-refractivity contribution in [2.24, 2.45) is 0 Å². The Morgan fingerprint density at radius 3 is 2.14 bits per heavy atom. The van der Waals surface area contributed by atoms with Crippen molar-refractivity contribution in [1.82, 2.24) is 15.6 Å². The molecule has 0 saturated carbocycles. The molecule has 0 aliphatic carbocycles. The van der Waals surface area contributed by atoms with E-state index in [0.29, 0.717) is 11.3 Å². The highest BCUT2D eigenvalue weighted by atomic mass is 19.4. The van der Waals surface area contributed by atoms with Gasteiger partial charge in [0.05, 0.1) is 30.6 Å². The molecule has 2 amide bonds. The lowest BCUT2D eigenvalue weighted by Gasteiger charge is -2.33. The van der Waals surface area contributed by atoms with Crippen LogP contribution >= 0.6 is 0 Å². The summed E-state index contributed by atoms with van der Waals surface area (Å²) in [6.07, 6.45) is -6.13. The molecule has 0 saturated heterocycles. The molecule has 2 aromatic carbocycles. The van der Waals surface area contributed by atoms with Gasteiger partial charge < -0.3 is 25.2 Å². The second kappa shape index (κ2) is 12.2. The van der Waals surface area contributed by atoms with Crippen molar-refractivity contribution >= 4 is 12.0 Å². The molecule has 43 heavy (non-hydrogen) atoms. The number of benzene rings is 2. The summed E-state index contributed by atoms with van der Waals surface area (Å²) in [5, 5.41) is 16.0. The number of nitrogens with zero attached hydrogens (tertiary/aromatic N) is 1. The first kappa shape index (κ1) is 33.3. The van der Waals surface area contributed by atoms with Crippen LogP contribution in [0.25, 0.3) is 11.3 Å². The number of aliphatic hydroxyl groups is 1. The molecule has 0 fully saturated rings. The molecule has 12 heteroatoms. The van der Waals surface area contributed by atoms with E-state index in [4.69, 9.17) is 9.47 Å². The number of pyridine rings is 1. The van der Waals surface area contributed by atoms with Crippen molar-refractivity contribution in [3.05, 3.63) is 82.8 Å². The quantitative estimate of drug-likeness (QED) is 0.266. The summed E-state index contributed by atoms with van der Waals surface area (Å²) >= 11 is 0. The van der Waals surface area contributed by atoms with Gasteiger partial charge in [-0.25, -0.2) is 14.2 Å². The van der Waals surface area contributed by atoms with Gasteiger partial charge in [-0.1, -0.05) is 6.07 Å². The topological polar surface area (TPSA) is 110 Å². The number of methoxy groups -OCH3 is 1. The Hall–Kier alpha value is -4.19. The summed E-state index contributed by atoms with van der Waals surface area (Å²) in [6.45, 7) is 8.47. The number of aromatic nitrogens is 1. The molecule has 0 radical (unpaired) electrons. The average molecular weight is 606 g/mol. The lowest BCUT2D eigenvalue weighted by molar-refractivity contribution is -0.265. The van der Waals surface area contributed by atoms with Gasteiger partial charge in [-0.05, 0) is 101 Å². The number of amides is 2. The number of carbonyl (C=O) groups is 2.